The number of aryl methyl sites for hydroxylation is 2. The van der Waals surface area contributed by atoms with Crippen molar-refractivity contribution in [3.05, 3.63) is 70.4 Å². The van der Waals surface area contributed by atoms with Gasteiger partial charge in [0.05, 0.1) is 40.2 Å². The van der Waals surface area contributed by atoms with Crippen LogP contribution in [0.15, 0.2) is 48.0 Å². The molecule has 9 heteroatoms. The van der Waals surface area contributed by atoms with Gasteiger partial charge < -0.3 is 4.98 Å². The number of nitrogens with zero attached hydrogens (tertiary/aromatic N) is 3. The van der Waals surface area contributed by atoms with Gasteiger partial charge in [-0.25, -0.2) is 13.4 Å². The topological polar surface area (TPSA) is 116 Å². The summed E-state index contributed by atoms with van der Waals surface area (Å²) in [6, 6.07) is 5.54. The second kappa shape index (κ2) is 8.14. The van der Waals surface area contributed by atoms with Crippen molar-refractivity contribution in [3.8, 4) is 11.3 Å². The van der Waals surface area contributed by atoms with Gasteiger partial charge in [-0.2, -0.15) is 0 Å². The summed E-state index contributed by atoms with van der Waals surface area (Å²) in [4.78, 5) is 36.4. The number of carbonyl (C=O) groups excluding carboxylic acids is 1. The third-order valence-corrected chi connectivity index (χ3v) is 6.22. The molecule has 31 heavy (non-hydrogen) atoms. The Bertz CT molecular complexity index is 1330. The van der Waals surface area contributed by atoms with Gasteiger partial charge in [-0.1, -0.05) is 6.07 Å². The van der Waals surface area contributed by atoms with E-state index in [9.17, 15) is 18.1 Å². The standard InChI is InChI=1S/C22H25N4O4S/c1-14-8-16(19-11-24-15(2)13-26(19)28)6-7-18(14)22(3,4)20(27)9-17-10-23-12-21(25-17)31(5,29)30/h6-8,10-13H,9H2,1-5H3,(H,24,28)/q+1. The zero-order valence-electron chi connectivity index (χ0n) is 18.1. The van der Waals surface area contributed by atoms with E-state index >= 15 is 0 Å². The first-order valence-electron chi connectivity index (χ1n) is 9.67. The minimum absolute atomic E-state index is 0.0436. The highest BCUT2D eigenvalue weighted by molar-refractivity contribution is 7.90. The molecule has 0 bridgehead atoms. The van der Waals surface area contributed by atoms with Crippen LogP contribution in [0.25, 0.3) is 11.3 Å². The summed E-state index contributed by atoms with van der Waals surface area (Å²) in [6.07, 6.45) is 6.70. The molecule has 0 spiro atoms. The molecule has 0 amide bonds. The van der Waals surface area contributed by atoms with Crippen molar-refractivity contribution >= 4 is 15.6 Å². The van der Waals surface area contributed by atoms with Gasteiger partial charge in [0.25, 0.3) is 5.69 Å². The minimum Gasteiger partial charge on any atom is -0.355 e. The number of Topliss-reactive ketones (excluding diaryl/α,β-unsaturated/α-hetero) is 1. The lowest BCUT2D eigenvalue weighted by molar-refractivity contribution is -0.483. The maximum absolute atomic E-state index is 13.1. The molecule has 162 valence electrons. The number of aromatic nitrogens is 4. The van der Waals surface area contributed by atoms with Gasteiger partial charge in [0.2, 0.25) is 6.20 Å². The van der Waals surface area contributed by atoms with Crippen LogP contribution in [0.2, 0.25) is 0 Å². The molecule has 2 heterocycles. The van der Waals surface area contributed by atoms with Gasteiger partial charge in [0.15, 0.2) is 14.9 Å². The van der Waals surface area contributed by atoms with Gasteiger partial charge in [0, 0.05) is 22.8 Å². The van der Waals surface area contributed by atoms with Gasteiger partial charge in [-0.05, 0) is 51.0 Å². The Kier molecular flexibility index (Phi) is 5.91. The van der Waals surface area contributed by atoms with Crippen LogP contribution in [0.4, 0.5) is 0 Å². The number of sulfone groups is 1. The van der Waals surface area contributed by atoms with E-state index in [1.807, 2.05) is 39.0 Å². The van der Waals surface area contributed by atoms with Crippen LogP contribution in [-0.2, 0) is 26.5 Å². The van der Waals surface area contributed by atoms with Gasteiger partial charge in [-0.3, -0.25) is 9.78 Å². The summed E-state index contributed by atoms with van der Waals surface area (Å²) in [5.41, 5.74) is 3.12. The van der Waals surface area contributed by atoms with Crippen molar-refractivity contribution in [2.75, 3.05) is 6.26 Å². The summed E-state index contributed by atoms with van der Waals surface area (Å²) >= 11 is 0. The Morgan fingerprint density at radius 3 is 2.52 bits per heavy atom. The van der Waals surface area contributed by atoms with Gasteiger partial charge in [-0.15, -0.1) is 0 Å². The Morgan fingerprint density at radius 2 is 1.90 bits per heavy atom. The van der Waals surface area contributed by atoms with Gasteiger partial charge in [0.1, 0.15) is 5.78 Å². The smallest absolute Gasteiger partial charge is 0.285 e. The molecular formula is C22H25N4O4S+. The summed E-state index contributed by atoms with van der Waals surface area (Å²) in [5, 5.41) is -0.156. The largest absolute Gasteiger partial charge is 0.355 e. The number of hydrogen-bond donors (Lipinski definition) is 1. The maximum Gasteiger partial charge on any atom is 0.285 e. The number of rotatable bonds is 6. The zero-order chi connectivity index (χ0) is 23.0. The second-order valence-corrected chi connectivity index (χ2v) is 10.1. The van der Waals surface area contributed by atoms with Crippen LogP contribution in [0.1, 0.15) is 36.4 Å². The fourth-order valence-electron chi connectivity index (χ4n) is 3.45. The first kappa shape index (κ1) is 22.5. The molecular weight excluding hydrogens is 416 g/mol. The van der Waals surface area contributed by atoms with Crippen molar-refractivity contribution in [2.45, 2.75) is 44.6 Å². The number of H-pyrrole nitrogens is 1. The number of benzene rings is 1. The van der Waals surface area contributed by atoms with Crippen molar-refractivity contribution < 1.29 is 17.6 Å². The number of hydrogen-bond acceptors (Lipinski definition) is 6. The molecule has 2 aromatic heterocycles. The maximum atomic E-state index is 13.1. The van der Waals surface area contributed by atoms with Crippen molar-refractivity contribution in [2.24, 2.45) is 0 Å². The molecule has 0 aliphatic heterocycles. The molecule has 0 atom stereocenters. The Labute approximate surface area is 180 Å². The lowest BCUT2D eigenvalue weighted by Gasteiger charge is -2.26. The van der Waals surface area contributed by atoms with E-state index in [0.717, 1.165) is 33.1 Å². The SMILES string of the molecule is Cc1c[n+](=O)c(-c2ccc(C(C)(C)C(=O)Cc3cncc(S(C)(=O)=O)n3)c(C)c2)c[nH]1. The first-order chi connectivity index (χ1) is 14.4. The molecule has 3 rings (SSSR count). The van der Waals surface area contributed by atoms with Gasteiger partial charge >= 0.3 is 0 Å². The van der Waals surface area contributed by atoms with E-state index in [1.165, 1.54) is 18.6 Å². The Hall–Kier alpha value is -3.20. The molecule has 0 saturated heterocycles. The predicted octanol–water partition coefficient (Wildman–Crippen LogP) is 2.50. The third kappa shape index (κ3) is 4.77. The van der Waals surface area contributed by atoms with E-state index in [-0.39, 0.29) is 17.2 Å². The van der Waals surface area contributed by atoms with Crippen molar-refractivity contribution in [1.82, 2.24) is 15.0 Å². The second-order valence-electron chi connectivity index (χ2n) is 8.19. The van der Waals surface area contributed by atoms with E-state index < -0.39 is 15.3 Å². The molecule has 0 aliphatic carbocycles. The highest BCUT2D eigenvalue weighted by Crippen LogP contribution is 2.31. The Balaban J connectivity index is 1.91. The van der Waals surface area contributed by atoms with E-state index in [1.54, 1.807) is 13.1 Å². The van der Waals surface area contributed by atoms with Crippen LogP contribution in [0, 0.1) is 18.8 Å². The number of aromatic amines is 1. The van der Waals surface area contributed by atoms with Crippen LogP contribution in [-0.4, -0.2) is 35.4 Å². The van der Waals surface area contributed by atoms with E-state index in [0.29, 0.717) is 11.4 Å². The molecule has 0 radical (unpaired) electrons. The number of nitrogens with one attached hydrogen (secondary N) is 1. The lowest BCUT2D eigenvalue weighted by atomic mass is 9.76. The molecule has 0 aliphatic rings. The van der Waals surface area contributed by atoms with Crippen molar-refractivity contribution in [3.63, 3.8) is 0 Å². The normalized spacial score (nSPS) is 12.0. The minimum atomic E-state index is -3.51. The summed E-state index contributed by atoms with van der Waals surface area (Å²) in [5.74, 6) is -0.120. The predicted molar refractivity (Wildman–Crippen MR) is 116 cm³/mol. The lowest BCUT2D eigenvalue weighted by Crippen LogP contribution is -2.32. The average molecular weight is 442 g/mol. The average Bonchev–Trinajstić information content (AvgIpc) is 2.67. The van der Waals surface area contributed by atoms with E-state index in [4.69, 9.17) is 0 Å². The highest BCUT2D eigenvalue weighted by Gasteiger charge is 2.32. The highest BCUT2D eigenvalue weighted by atomic mass is 32.2. The van der Waals surface area contributed by atoms with Crippen LogP contribution in [0.5, 0.6) is 0 Å². The van der Waals surface area contributed by atoms with Crippen LogP contribution < -0.4 is 4.43 Å². The van der Waals surface area contributed by atoms with E-state index in [2.05, 4.69) is 15.0 Å². The number of carbonyl (C=O) groups is 1. The monoisotopic (exact) mass is 441 g/mol. The fourth-order valence-corrected chi connectivity index (χ4v) is 3.98. The third-order valence-electron chi connectivity index (χ3n) is 5.26. The molecule has 0 fully saturated rings. The Morgan fingerprint density at radius 1 is 1.19 bits per heavy atom. The quantitative estimate of drug-likeness (QED) is 0.588. The molecule has 1 aromatic carbocycles. The summed E-state index contributed by atoms with van der Waals surface area (Å²) in [6.45, 7) is 7.33. The zero-order valence-corrected chi connectivity index (χ0v) is 18.9. The molecule has 1 N–H and O–H groups in total. The fraction of sp³-hybridized carbons (Fsp3) is 0.318. The van der Waals surface area contributed by atoms with Crippen LogP contribution >= 0.6 is 0 Å². The number of ketones is 1. The summed E-state index contributed by atoms with van der Waals surface area (Å²) < 4.78 is 24.2. The molecule has 0 saturated carbocycles. The van der Waals surface area contributed by atoms with Crippen molar-refractivity contribution in [1.29, 1.82) is 0 Å². The first-order valence-corrected chi connectivity index (χ1v) is 11.6. The molecule has 8 nitrogen and oxygen atoms in total. The molecule has 3 aromatic rings. The molecule has 0 unspecified atom stereocenters. The summed E-state index contributed by atoms with van der Waals surface area (Å²) in [7, 11) is -3.51. The van der Waals surface area contributed by atoms with Crippen LogP contribution in [0.3, 0.4) is 0 Å².